The lowest BCUT2D eigenvalue weighted by atomic mass is 10.0. The van der Waals surface area contributed by atoms with E-state index < -0.39 is 0 Å². The van der Waals surface area contributed by atoms with Gasteiger partial charge in [0, 0.05) is 6.54 Å². The molecule has 0 fully saturated rings. The molecule has 0 radical (unpaired) electrons. The van der Waals surface area contributed by atoms with E-state index in [0.717, 1.165) is 16.7 Å². The molecule has 2 heteroatoms. The van der Waals surface area contributed by atoms with Crippen molar-refractivity contribution in [1.29, 1.82) is 0 Å². The van der Waals surface area contributed by atoms with Crippen LogP contribution in [-0.4, -0.2) is 6.54 Å². The van der Waals surface area contributed by atoms with E-state index in [4.69, 9.17) is 5.73 Å². The average molecular weight is 165 g/mol. The van der Waals surface area contributed by atoms with Gasteiger partial charge < -0.3 is 5.73 Å². The van der Waals surface area contributed by atoms with Crippen LogP contribution in [0.1, 0.15) is 11.1 Å². The van der Waals surface area contributed by atoms with Crippen LogP contribution < -0.4 is 5.73 Å². The second kappa shape index (κ2) is 3.50. The van der Waals surface area contributed by atoms with Crippen LogP contribution in [0.3, 0.4) is 0 Å². The van der Waals surface area contributed by atoms with Gasteiger partial charge in [-0.15, -0.1) is 0 Å². The Morgan fingerprint density at radius 3 is 2.83 bits per heavy atom. The largest absolute Gasteiger partial charge is 0.326 e. The lowest BCUT2D eigenvalue weighted by molar-refractivity contribution is 0.627. The number of rotatable bonds is 2. The summed E-state index contributed by atoms with van der Waals surface area (Å²) in [6.45, 7) is 6.03. The second-order valence-electron chi connectivity index (χ2n) is 2.77. The first kappa shape index (κ1) is 8.94. The van der Waals surface area contributed by atoms with Crippen LogP contribution in [0.4, 0.5) is 4.39 Å². The maximum absolute atomic E-state index is 12.8. The molecule has 0 aliphatic rings. The Morgan fingerprint density at radius 2 is 2.25 bits per heavy atom. The van der Waals surface area contributed by atoms with E-state index in [1.807, 2.05) is 6.92 Å². The minimum absolute atomic E-state index is 0.245. The number of benzene rings is 1. The fourth-order valence-electron chi connectivity index (χ4n) is 1.09. The normalized spacial score (nSPS) is 9.92. The topological polar surface area (TPSA) is 26.0 Å². The van der Waals surface area contributed by atoms with Gasteiger partial charge in [-0.2, -0.15) is 0 Å². The maximum Gasteiger partial charge on any atom is 0.123 e. The summed E-state index contributed by atoms with van der Waals surface area (Å²) in [7, 11) is 0. The third kappa shape index (κ3) is 1.71. The molecule has 0 heterocycles. The summed E-state index contributed by atoms with van der Waals surface area (Å²) >= 11 is 0. The van der Waals surface area contributed by atoms with Crippen LogP contribution in [0.15, 0.2) is 24.8 Å². The van der Waals surface area contributed by atoms with Crippen molar-refractivity contribution < 1.29 is 4.39 Å². The first-order chi connectivity index (χ1) is 5.65. The van der Waals surface area contributed by atoms with Gasteiger partial charge in [0.2, 0.25) is 0 Å². The molecular formula is C10H12FN. The van der Waals surface area contributed by atoms with Crippen LogP contribution >= 0.6 is 0 Å². The van der Waals surface area contributed by atoms with Crippen molar-refractivity contribution in [3.8, 4) is 0 Å². The Bertz CT molecular complexity index is 305. The number of hydrogen-bond acceptors (Lipinski definition) is 1. The SMILES string of the molecule is C=C(CN)c1cc(F)ccc1C. The summed E-state index contributed by atoms with van der Waals surface area (Å²) in [6.07, 6.45) is 0. The summed E-state index contributed by atoms with van der Waals surface area (Å²) in [5.41, 5.74) is 7.99. The first-order valence-electron chi connectivity index (χ1n) is 3.79. The zero-order valence-electron chi connectivity index (χ0n) is 7.10. The first-order valence-corrected chi connectivity index (χ1v) is 3.79. The molecule has 1 nitrogen and oxygen atoms in total. The molecule has 1 rings (SSSR count). The van der Waals surface area contributed by atoms with Crippen LogP contribution in [0.2, 0.25) is 0 Å². The van der Waals surface area contributed by atoms with E-state index in [0.29, 0.717) is 6.54 Å². The zero-order chi connectivity index (χ0) is 9.14. The number of hydrogen-bond donors (Lipinski definition) is 1. The van der Waals surface area contributed by atoms with Crippen molar-refractivity contribution in [2.45, 2.75) is 6.92 Å². The fraction of sp³-hybridized carbons (Fsp3) is 0.200. The standard InChI is InChI=1S/C10H12FN/c1-7-3-4-9(11)5-10(7)8(2)6-12/h3-5H,2,6,12H2,1H3. The molecule has 1 aromatic carbocycles. The van der Waals surface area contributed by atoms with Crippen molar-refractivity contribution in [2.75, 3.05) is 6.54 Å². The lowest BCUT2D eigenvalue weighted by Crippen LogP contribution is -2.02. The van der Waals surface area contributed by atoms with Crippen LogP contribution in [0, 0.1) is 12.7 Å². The Hall–Kier alpha value is -1.15. The number of halogens is 1. The smallest absolute Gasteiger partial charge is 0.123 e. The quantitative estimate of drug-likeness (QED) is 0.713. The molecule has 0 saturated heterocycles. The predicted octanol–water partition coefficient (Wildman–Crippen LogP) is 2.11. The molecule has 0 bridgehead atoms. The summed E-state index contributed by atoms with van der Waals surface area (Å²) in [5, 5.41) is 0. The van der Waals surface area contributed by atoms with E-state index in [1.54, 1.807) is 6.07 Å². The Morgan fingerprint density at radius 1 is 1.58 bits per heavy atom. The van der Waals surface area contributed by atoms with Gasteiger partial charge in [-0.05, 0) is 35.8 Å². The highest BCUT2D eigenvalue weighted by Gasteiger charge is 2.02. The predicted molar refractivity (Wildman–Crippen MR) is 49.2 cm³/mol. The molecule has 0 saturated carbocycles. The van der Waals surface area contributed by atoms with Gasteiger partial charge in [0.15, 0.2) is 0 Å². The van der Waals surface area contributed by atoms with E-state index >= 15 is 0 Å². The average Bonchev–Trinajstić information content (AvgIpc) is 2.08. The molecule has 0 aliphatic carbocycles. The number of nitrogens with two attached hydrogens (primary N) is 1. The van der Waals surface area contributed by atoms with Crippen molar-refractivity contribution in [1.82, 2.24) is 0 Å². The summed E-state index contributed by atoms with van der Waals surface area (Å²) in [6, 6.07) is 4.62. The van der Waals surface area contributed by atoms with Crippen molar-refractivity contribution >= 4 is 5.57 Å². The van der Waals surface area contributed by atoms with Crippen LogP contribution in [0.5, 0.6) is 0 Å². The third-order valence-corrected chi connectivity index (χ3v) is 1.83. The van der Waals surface area contributed by atoms with E-state index in [-0.39, 0.29) is 5.82 Å². The highest BCUT2D eigenvalue weighted by atomic mass is 19.1. The number of aryl methyl sites for hydroxylation is 1. The molecule has 1 aromatic rings. The van der Waals surface area contributed by atoms with Gasteiger partial charge >= 0.3 is 0 Å². The molecule has 0 unspecified atom stereocenters. The molecule has 2 N–H and O–H groups in total. The Kier molecular flexibility index (Phi) is 2.61. The van der Waals surface area contributed by atoms with Gasteiger partial charge in [0.05, 0.1) is 0 Å². The second-order valence-corrected chi connectivity index (χ2v) is 2.77. The zero-order valence-corrected chi connectivity index (χ0v) is 7.10. The summed E-state index contributed by atoms with van der Waals surface area (Å²) in [4.78, 5) is 0. The highest BCUT2D eigenvalue weighted by molar-refractivity contribution is 5.67. The van der Waals surface area contributed by atoms with E-state index in [9.17, 15) is 4.39 Å². The van der Waals surface area contributed by atoms with E-state index in [2.05, 4.69) is 6.58 Å². The van der Waals surface area contributed by atoms with Gasteiger partial charge in [-0.3, -0.25) is 0 Å². The molecule has 0 spiro atoms. The van der Waals surface area contributed by atoms with Crippen LogP contribution in [-0.2, 0) is 0 Å². The van der Waals surface area contributed by atoms with Gasteiger partial charge in [-0.1, -0.05) is 12.6 Å². The minimum atomic E-state index is -0.245. The molecule has 0 aliphatic heterocycles. The third-order valence-electron chi connectivity index (χ3n) is 1.83. The van der Waals surface area contributed by atoms with Gasteiger partial charge in [0.1, 0.15) is 5.82 Å². The summed E-state index contributed by atoms with van der Waals surface area (Å²) < 4.78 is 12.8. The van der Waals surface area contributed by atoms with Crippen molar-refractivity contribution in [3.63, 3.8) is 0 Å². The maximum atomic E-state index is 12.8. The molecule has 12 heavy (non-hydrogen) atoms. The Balaban J connectivity index is 3.13. The van der Waals surface area contributed by atoms with Crippen molar-refractivity contribution in [3.05, 3.63) is 41.7 Å². The van der Waals surface area contributed by atoms with Crippen LogP contribution in [0.25, 0.3) is 5.57 Å². The Labute approximate surface area is 71.7 Å². The van der Waals surface area contributed by atoms with Gasteiger partial charge in [0.25, 0.3) is 0 Å². The van der Waals surface area contributed by atoms with Gasteiger partial charge in [-0.25, -0.2) is 4.39 Å². The lowest BCUT2D eigenvalue weighted by Gasteiger charge is -2.06. The van der Waals surface area contributed by atoms with Crippen molar-refractivity contribution in [2.24, 2.45) is 5.73 Å². The molecule has 64 valence electrons. The highest BCUT2D eigenvalue weighted by Crippen LogP contribution is 2.17. The molecule has 0 aromatic heterocycles. The molecular weight excluding hydrogens is 153 g/mol. The molecule has 0 atom stereocenters. The minimum Gasteiger partial charge on any atom is -0.326 e. The summed E-state index contributed by atoms with van der Waals surface area (Å²) in [5.74, 6) is -0.245. The fourth-order valence-corrected chi connectivity index (χ4v) is 1.09. The van der Waals surface area contributed by atoms with E-state index in [1.165, 1.54) is 12.1 Å². The molecule has 0 amide bonds. The monoisotopic (exact) mass is 165 g/mol.